The number of halogens is 1. The van der Waals surface area contributed by atoms with Crippen molar-refractivity contribution in [3.63, 3.8) is 0 Å². The highest BCUT2D eigenvalue weighted by Gasteiger charge is 2.37. The minimum atomic E-state index is -0.541. The Kier molecular flexibility index (Phi) is 6.93. The maximum absolute atomic E-state index is 13.4. The van der Waals surface area contributed by atoms with Crippen LogP contribution in [0.4, 0.5) is 11.4 Å². The molecule has 8 heteroatoms. The molecule has 2 aliphatic rings. The minimum Gasteiger partial charge on any atom is -0.497 e. The molecule has 1 fully saturated rings. The summed E-state index contributed by atoms with van der Waals surface area (Å²) in [6.45, 7) is 9.82. The second-order valence-corrected chi connectivity index (χ2v) is 10.5. The first-order valence-electron chi connectivity index (χ1n) is 11.7. The number of ether oxygens (including phenoxy) is 1. The Labute approximate surface area is 216 Å². The average Bonchev–Trinajstić information content (AvgIpc) is 2.80. The van der Waals surface area contributed by atoms with E-state index >= 15 is 0 Å². The number of nitrogens with one attached hydrogen (secondary N) is 1. The van der Waals surface area contributed by atoms with E-state index in [-0.39, 0.29) is 16.2 Å². The molecule has 4 rings (SSSR count). The second kappa shape index (κ2) is 9.63. The third-order valence-corrected chi connectivity index (χ3v) is 7.30. The van der Waals surface area contributed by atoms with Crippen molar-refractivity contribution in [3.05, 3.63) is 58.1 Å². The van der Waals surface area contributed by atoms with Crippen molar-refractivity contribution in [1.29, 1.82) is 0 Å². The Bertz CT molecular complexity index is 1220. The molecule has 0 aliphatic carbocycles. The van der Waals surface area contributed by atoms with Gasteiger partial charge in [0, 0.05) is 22.8 Å². The Morgan fingerprint density at radius 3 is 2.54 bits per heavy atom. The fraction of sp³-hybridized carbons (Fsp3) is 0.370. The second-order valence-electron chi connectivity index (χ2n) is 9.66. The summed E-state index contributed by atoms with van der Waals surface area (Å²) < 4.78 is 5.19. The monoisotopic (exact) mass is 511 g/mol. The van der Waals surface area contributed by atoms with Crippen LogP contribution in [0.3, 0.4) is 0 Å². The van der Waals surface area contributed by atoms with E-state index in [1.54, 1.807) is 37.5 Å². The molecule has 2 aliphatic heterocycles. The highest BCUT2D eigenvalue weighted by Crippen LogP contribution is 2.45. The van der Waals surface area contributed by atoms with Crippen molar-refractivity contribution in [2.75, 3.05) is 23.5 Å². The lowest BCUT2D eigenvalue weighted by Crippen LogP contribution is -2.54. The highest BCUT2D eigenvalue weighted by atomic mass is 35.5. The fourth-order valence-corrected chi connectivity index (χ4v) is 5.55. The Morgan fingerprint density at radius 2 is 1.91 bits per heavy atom. The molecular formula is C27H30ClN3O3S. The van der Waals surface area contributed by atoms with Crippen molar-refractivity contribution in [2.24, 2.45) is 0 Å². The van der Waals surface area contributed by atoms with Crippen molar-refractivity contribution >= 4 is 58.2 Å². The number of fused-ring (bicyclic) bond motifs is 1. The van der Waals surface area contributed by atoms with Gasteiger partial charge < -0.3 is 9.64 Å². The van der Waals surface area contributed by atoms with E-state index in [4.69, 9.17) is 28.6 Å². The van der Waals surface area contributed by atoms with Crippen LogP contribution in [0.1, 0.15) is 57.6 Å². The molecule has 2 aromatic rings. The summed E-state index contributed by atoms with van der Waals surface area (Å²) in [4.78, 5) is 29.9. The standard InChI is InChI=1S/C27H30ClN3O3S/c1-6-11-30-23-14-22(28)17(12-20(23)16(2)15-27(30,3)4)13-21-24(32)29-26(35)31(25(21)33)18-7-9-19(34-5)10-8-18/h7-10,12-14,16H,6,11,15H2,1-5H3,(H,29,32,35)/b21-13-. The summed E-state index contributed by atoms with van der Waals surface area (Å²) in [6.07, 6.45) is 3.59. The lowest BCUT2D eigenvalue weighted by atomic mass is 9.79. The van der Waals surface area contributed by atoms with Gasteiger partial charge in [-0.1, -0.05) is 25.4 Å². The van der Waals surface area contributed by atoms with Crippen LogP contribution in [0.25, 0.3) is 6.08 Å². The van der Waals surface area contributed by atoms with Gasteiger partial charge in [-0.2, -0.15) is 0 Å². The van der Waals surface area contributed by atoms with Gasteiger partial charge >= 0.3 is 0 Å². The molecule has 1 unspecified atom stereocenters. The van der Waals surface area contributed by atoms with Crippen molar-refractivity contribution < 1.29 is 14.3 Å². The van der Waals surface area contributed by atoms with Crippen molar-refractivity contribution in [1.82, 2.24) is 5.32 Å². The third kappa shape index (κ3) is 4.67. The minimum absolute atomic E-state index is 0.0134. The molecule has 2 amide bonds. The molecule has 2 aromatic carbocycles. The smallest absolute Gasteiger partial charge is 0.270 e. The SMILES string of the molecule is CCCN1c2cc(Cl)c(/C=C3/C(=O)NC(=S)N(c4ccc(OC)cc4)C3=O)cc2C(C)CC1(C)C. The van der Waals surface area contributed by atoms with E-state index in [9.17, 15) is 9.59 Å². The van der Waals surface area contributed by atoms with Crippen LogP contribution in [-0.2, 0) is 9.59 Å². The van der Waals surface area contributed by atoms with Gasteiger partial charge in [0.1, 0.15) is 11.3 Å². The number of rotatable bonds is 5. The topological polar surface area (TPSA) is 61.9 Å². The van der Waals surface area contributed by atoms with Crippen LogP contribution in [-0.4, -0.2) is 36.1 Å². The molecule has 6 nitrogen and oxygen atoms in total. The Hall–Kier alpha value is -2.90. The van der Waals surface area contributed by atoms with E-state index in [0.717, 1.165) is 25.1 Å². The molecule has 1 saturated heterocycles. The molecule has 0 aromatic heterocycles. The van der Waals surface area contributed by atoms with Gasteiger partial charge in [0.05, 0.1) is 12.8 Å². The van der Waals surface area contributed by atoms with Crippen LogP contribution in [0, 0.1) is 0 Å². The molecule has 0 spiro atoms. The summed E-state index contributed by atoms with van der Waals surface area (Å²) in [6, 6.07) is 10.9. The molecule has 2 heterocycles. The van der Waals surface area contributed by atoms with Gasteiger partial charge in [0.2, 0.25) is 0 Å². The molecule has 0 bridgehead atoms. The van der Waals surface area contributed by atoms with E-state index in [1.807, 2.05) is 12.1 Å². The first-order valence-corrected chi connectivity index (χ1v) is 12.5. The van der Waals surface area contributed by atoms with Gasteiger partial charge in [-0.25, -0.2) is 0 Å². The van der Waals surface area contributed by atoms with E-state index < -0.39 is 11.8 Å². The Morgan fingerprint density at radius 1 is 1.23 bits per heavy atom. The lowest BCUT2D eigenvalue weighted by Gasteiger charge is -2.47. The summed E-state index contributed by atoms with van der Waals surface area (Å²) in [5, 5.41) is 3.15. The number of hydrogen-bond donors (Lipinski definition) is 1. The van der Waals surface area contributed by atoms with Crippen LogP contribution < -0.4 is 19.9 Å². The zero-order valence-electron chi connectivity index (χ0n) is 20.6. The van der Waals surface area contributed by atoms with Gasteiger partial charge in [-0.05, 0) is 98.4 Å². The number of anilines is 2. The third-order valence-electron chi connectivity index (χ3n) is 6.68. The van der Waals surface area contributed by atoms with Gasteiger partial charge in [-0.15, -0.1) is 0 Å². The summed E-state index contributed by atoms with van der Waals surface area (Å²) in [7, 11) is 1.57. The predicted octanol–water partition coefficient (Wildman–Crippen LogP) is 5.68. The average molecular weight is 512 g/mol. The maximum Gasteiger partial charge on any atom is 0.270 e. The number of hydrogen-bond acceptors (Lipinski definition) is 5. The zero-order chi connectivity index (χ0) is 25.5. The number of carbonyl (C=O) groups excluding carboxylic acids is 2. The van der Waals surface area contributed by atoms with E-state index in [1.165, 1.54) is 10.5 Å². The molecular weight excluding hydrogens is 482 g/mol. The summed E-state index contributed by atoms with van der Waals surface area (Å²) in [5.41, 5.74) is 3.44. The zero-order valence-corrected chi connectivity index (χ0v) is 22.2. The molecule has 184 valence electrons. The number of methoxy groups -OCH3 is 1. The Balaban J connectivity index is 1.75. The van der Waals surface area contributed by atoms with Crippen molar-refractivity contribution in [2.45, 2.75) is 52.0 Å². The quantitative estimate of drug-likeness (QED) is 0.318. The number of carbonyl (C=O) groups is 2. The highest BCUT2D eigenvalue weighted by molar-refractivity contribution is 7.80. The molecule has 0 radical (unpaired) electrons. The van der Waals surface area contributed by atoms with Gasteiger partial charge in [0.15, 0.2) is 5.11 Å². The van der Waals surface area contributed by atoms with E-state index in [2.05, 4.69) is 37.9 Å². The lowest BCUT2D eigenvalue weighted by molar-refractivity contribution is -0.122. The van der Waals surface area contributed by atoms with Gasteiger partial charge in [0.25, 0.3) is 11.8 Å². The largest absolute Gasteiger partial charge is 0.497 e. The number of amides is 2. The molecule has 0 saturated carbocycles. The maximum atomic E-state index is 13.4. The van der Waals surface area contributed by atoms with E-state index in [0.29, 0.717) is 27.9 Å². The molecule has 35 heavy (non-hydrogen) atoms. The van der Waals surface area contributed by atoms with Gasteiger partial charge in [-0.3, -0.25) is 19.8 Å². The van der Waals surface area contributed by atoms with Crippen LogP contribution in [0.5, 0.6) is 5.75 Å². The molecule has 1 atom stereocenters. The molecule has 1 N–H and O–H groups in total. The summed E-state index contributed by atoms with van der Waals surface area (Å²) >= 11 is 12.0. The predicted molar refractivity (Wildman–Crippen MR) is 145 cm³/mol. The number of benzene rings is 2. The number of thiocarbonyl (C=S) groups is 1. The fourth-order valence-electron chi connectivity index (χ4n) is 5.06. The normalized spacial score (nSPS) is 20.7. The first-order chi connectivity index (χ1) is 16.6. The van der Waals surface area contributed by atoms with Crippen molar-refractivity contribution in [3.8, 4) is 5.75 Å². The van der Waals surface area contributed by atoms with Crippen LogP contribution >= 0.6 is 23.8 Å². The summed E-state index contributed by atoms with van der Waals surface area (Å²) in [5.74, 6) is -0.0826. The number of nitrogens with zero attached hydrogens (tertiary/aromatic N) is 2. The van der Waals surface area contributed by atoms with Crippen LogP contribution in [0.15, 0.2) is 42.0 Å². The first kappa shape index (κ1) is 25.2. The van der Waals surface area contributed by atoms with Crippen LogP contribution in [0.2, 0.25) is 5.02 Å².